The molecule has 3 rings (SSSR count). The summed E-state index contributed by atoms with van der Waals surface area (Å²) >= 11 is -0.525. The van der Waals surface area contributed by atoms with Gasteiger partial charge in [0.25, 0.3) is 0 Å². The van der Waals surface area contributed by atoms with Crippen molar-refractivity contribution in [1.29, 1.82) is 0 Å². The van der Waals surface area contributed by atoms with Crippen molar-refractivity contribution in [3.63, 3.8) is 0 Å². The Kier molecular flexibility index (Phi) is 12.5. The maximum absolute atomic E-state index is 6.90. The molecule has 0 N–H and O–H groups in total. The summed E-state index contributed by atoms with van der Waals surface area (Å²) in [6.07, 6.45) is 9.99. The molecule has 0 saturated heterocycles. The molecule has 0 unspecified atom stereocenters. The van der Waals surface area contributed by atoms with Crippen LogP contribution < -0.4 is 15.3 Å². The quantitative estimate of drug-likeness (QED) is 0.135. The van der Waals surface area contributed by atoms with Crippen molar-refractivity contribution in [2.45, 2.75) is 109 Å². The van der Waals surface area contributed by atoms with E-state index in [1.165, 1.54) is 71.5 Å². The normalized spacial score (nSPS) is 14.4. The van der Waals surface area contributed by atoms with E-state index in [0.29, 0.717) is 11.8 Å². The van der Waals surface area contributed by atoms with Crippen LogP contribution in [0.4, 0.5) is 0 Å². The third-order valence-corrected chi connectivity index (χ3v) is 29.0. The molecular weight excluding hydrogens is 718 g/mol. The molecule has 0 radical (unpaired) electrons. The van der Waals surface area contributed by atoms with Crippen molar-refractivity contribution in [2.24, 2.45) is 11.8 Å². The van der Waals surface area contributed by atoms with Gasteiger partial charge in [-0.15, -0.1) is 0 Å². The summed E-state index contributed by atoms with van der Waals surface area (Å²) < 4.78 is 19.7. The van der Waals surface area contributed by atoms with E-state index in [-0.39, 0.29) is 0 Å². The zero-order valence-corrected chi connectivity index (χ0v) is 33.4. The number of benzene rings is 1. The SMILES string of the molecule is CCCC[C@H](CC)COc1c2c[c]([Sn]([CH3])([CH3])[CH3])sc2c(OC[C@@H](CC)CCCC)c2c[c]([Sn]([CH3])([CH3])[CH3])sc12. The van der Waals surface area contributed by atoms with E-state index in [1.54, 1.807) is 5.79 Å². The van der Waals surface area contributed by atoms with Crippen LogP contribution in [0.3, 0.4) is 0 Å². The first kappa shape index (κ1) is 32.8. The molecule has 0 aliphatic heterocycles. The third kappa shape index (κ3) is 8.21. The van der Waals surface area contributed by atoms with E-state index in [4.69, 9.17) is 9.47 Å². The van der Waals surface area contributed by atoms with Gasteiger partial charge in [-0.2, -0.15) is 0 Å². The molecule has 2 aromatic heterocycles. The van der Waals surface area contributed by atoms with Crippen LogP contribution in [-0.2, 0) is 0 Å². The Hall–Kier alpha value is 0.337. The van der Waals surface area contributed by atoms with Crippen molar-refractivity contribution >= 4 is 85.4 Å². The average molecular weight is 772 g/mol. The Labute approximate surface area is 250 Å². The summed E-state index contributed by atoms with van der Waals surface area (Å²) in [5.41, 5.74) is 0. The number of rotatable bonds is 16. The van der Waals surface area contributed by atoms with Gasteiger partial charge in [0.15, 0.2) is 0 Å². The van der Waals surface area contributed by atoms with Gasteiger partial charge in [-0.1, -0.05) is 0 Å². The van der Waals surface area contributed by atoms with Gasteiger partial charge in [-0.05, 0) is 0 Å². The molecule has 0 spiro atoms. The van der Waals surface area contributed by atoms with Gasteiger partial charge in [-0.25, -0.2) is 0 Å². The van der Waals surface area contributed by atoms with Gasteiger partial charge in [0.1, 0.15) is 0 Å². The van der Waals surface area contributed by atoms with Crippen LogP contribution >= 0.6 is 22.7 Å². The van der Waals surface area contributed by atoms with Crippen molar-refractivity contribution in [3.05, 3.63) is 12.1 Å². The van der Waals surface area contributed by atoms with Crippen LogP contribution in [0.15, 0.2) is 12.1 Å². The molecule has 38 heavy (non-hydrogen) atoms. The molecule has 2 atom stereocenters. The van der Waals surface area contributed by atoms with Crippen LogP contribution in [-0.4, -0.2) is 50.0 Å². The second kappa shape index (κ2) is 14.5. The molecule has 0 fully saturated rings. The second-order valence-corrected chi connectivity index (χ2v) is 46.3. The summed E-state index contributed by atoms with van der Waals surface area (Å²) in [6.45, 7) is 10.9. The standard InChI is InChI=1S/C26H36O2S2.6CH3.2Sn/c1-5-9-11-19(7-3)17-27-23-21-13-15-30-26(21)24(22-14-16-29-25(22)23)28-18-20(8-4)12-10-6-2;;;;;;;;/h13-14,19-20H,5-12,17-18H2,1-4H3;6*1H3;;/t19-,20-;;;;;;;;/m0......../s1. The summed E-state index contributed by atoms with van der Waals surface area (Å²) in [7, 11) is 0. The molecule has 6 heteroatoms. The first-order valence-electron chi connectivity index (χ1n) is 15.2. The Morgan fingerprint density at radius 1 is 0.632 bits per heavy atom. The average Bonchev–Trinajstić information content (AvgIpc) is 3.50. The van der Waals surface area contributed by atoms with E-state index >= 15 is 0 Å². The number of unbranched alkanes of at least 4 members (excludes halogenated alkanes) is 2. The predicted molar refractivity (Wildman–Crippen MR) is 181 cm³/mol. The van der Waals surface area contributed by atoms with Gasteiger partial charge < -0.3 is 0 Å². The van der Waals surface area contributed by atoms with Gasteiger partial charge in [0.2, 0.25) is 0 Å². The number of fused-ring (bicyclic) bond motifs is 2. The maximum atomic E-state index is 6.90. The summed E-state index contributed by atoms with van der Waals surface area (Å²) in [4.78, 5) is 15.2. The minimum atomic E-state index is -2.28. The third-order valence-electron chi connectivity index (χ3n) is 7.86. The fourth-order valence-corrected chi connectivity index (χ4v) is 17.7. The van der Waals surface area contributed by atoms with E-state index in [0.717, 1.165) is 24.7 Å². The van der Waals surface area contributed by atoms with Gasteiger partial charge in [0, 0.05) is 0 Å². The van der Waals surface area contributed by atoms with Crippen LogP contribution in [0.5, 0.6) is 11.5 Å². The molecule has 0 aliphatic carbocycles. The topological polar surface area (TPSA) is 18.5 Å². The zero-order chi connectivity index (χ0) is 28.1. The molecule has 2 heterocycles. The molecule has 2 nitrogen and oxygen atoms in total. The fourth-order valence-electron chi connectivity index (χ4n) is 4.93. The van der Waals surface area contributed by atoms with Gasteiger partial charge in [-0.3, -0.25) is 0 Å². The Balaban J connectivity index is 2.18. The van der Waals surface area contributed by atoms with E-state index in [2.05, 4.69) is 69.5 Å². The monoisotopic (exact) mass is 774 g/mol. The number of thiophene rings is 2. The van der Waals surface area contributed by atoms with E-state index in [1.807, 2.05) is 22.7 Å². The Morgan fingerprint density at radius 3 is 1.29 bits per heavy atom. The molecule has 0 aliphatic rings. The predicted octanol–water partition coefficient (Wildman–Crippen LogP) is 10.4. The summed E-state index contributed by atoms with van der Waals surface area (Å²) in [5, 5.41) is 2.65. The first-order valence-corrected chi connectivity index (χ1v) is 36.8. The van der Waals surface area contributed by atoms with Crippen molar-refractivity contribution < 1.29 is 9.47 Å². The molecule has 214 valence electrons. The number of hydrogen-bond donors (Lipinski definition) is 0. The van der Waals surface area contributed by atoms with Crippen LogP contribution in [0.25, 0.3) is 20.2 Å². The van der Waals surface area contributed by atoms with E-state index < -0.39 is 36.8 Å². The van der Waals surface area contributed by atoms with Crippen LogP contribution in [0, 0.1) is 11.8 Å². The molecule has 1 aromatic carbocycles. The van der Waals surface area contributed by atoms with E-state index in [9.17, 15) is 0 Å². The van der Waals surface area contributed by atoms with Crippen molar-refractivity contribution in [2.75, 3.05) is 13.2 Å². The molecule has 0 amide bonds. The molecule has 0 bridgehead atoms. The summed E-state index contributed by atoms with van der Waals surface area (Å²) in [5.74, 6) is 3.56. The zero-order valence-electron chi connectivity index (χ0n) is 26.0. The van der Waals surface area contributed by atoms with Gasteiger partial charge in [0.05, 0.1) is 0 Å². The molecule has 3 aromatic rings. The fraction of sp³-hybridized carbons (Fsp3) is 0.688. The molecular formula is C32H54O2S2Sn2. The Bertz CT molecular complexity index is 1020. The minimum absolute atomic E-state index is 0.626. The van der Waals surface area contributed by atoms with Gasteiger partial charge >= 0.3 is 252 Å². The van der Waals surface area contributed by atoms with Crippen molar-refractivity contribution in [1.82, 2.24) is 0 Å². The summed E-state index contributed by atoms with van der Waals surface area (Å²) in [6, 6.07) is 5.03. The number of ether oxygens (including phenoxy) is 2. The first-order chi connectivity index (χ1) is 17.9. The Morgan fingerprint density at radius 2 is 1.00 bits per heavy atom. The number of hydrogen-bond acceptors (Lipinski definition) is 4. The van der Waals surface area contributed by atoms with Crippen LogP contribution in [0.2, 0.25) is 29.6 Å². The molecule has 0 saturated carbocycles. The van der Waals surface area contributed by atoms with Crippen LogP contribution in [0.1, 0.15) is 79.1 Å². The second-order valence-electron chi connectivity index (χ2n) is 13.3. The van der Waals surface area contributed by atoms with Crippen molar-refractivity contribution in [3.8, 4) is 11.5 Å².